The van der Waals surface area contributed by atoms with Crippen LogP contribution in [0.15, 0.2) is 29.8 Å². The van der Waals surface area contributed by atoms with E-state index in [-0.39, 0.29) is 22.8 Å². The lowest BCUT2D eigenvalue weighted by molar-refractivity contribution is -0.384. The molecule has 1 rings (SSSR count). The van der Waals surface area contributed by atoms with Crippen LogP contribution in [0.2, 0.25) is 0 Å². The second-order valence-electron chi connectivity index (χ2n) is 5.24. The van der Waals surface area contributed by atoms with E-state index in [4.69, 9.17) is 0 Å². The maximum Gasteiger partial charge on any atom is 0.270 e. The summed E-state index contributed by atoms with van der Waals surface area (Å²) in [5.41, 5.74) is 0.520. The summed E-state index contributed by atoms with van der Waals surface area (Å²) in [6, 6.07) is 5.90. The molecule has 0 fully saturated rings. The van der Waals surface area contributed by atoms with E-state index < -0.39 is 4.92 Å². The van der Waals surface area contributed by atoms with Crippen molar-refractivity contribution in [2.75, 3.05) is 5.33 Å². The van der Waals surface area contributed by atoms with Gasteiger partial charge in [0.1, 0.15) is 0 Å². The van der Waals surface area contributed by atoms with Crippen LogP contribution in [0.25, 0.3) is 6.08 Å². The molecule has 1 aromatic carbocycles. The Morgan fingerprint density at radius 2 is 1.91 bits per heavy atom. The number of ketones is 2. The Labute approximate surface area is 144 Å². The zero-order chi connectivity index (χ0) is 17.2. The molecule has 6 heteroatoms. The molecule has 0 aliphatic heterocycles. The van der Waals surface area contributed by atoms with Crippen LogP contribution >= 0.6 is 15.9 Å². The monoisotopic (exact) mass is 381 g/mol. The first-order chi connectivity index (χ1) is 11.0. The van der Waals surface area contributed by atoms with Crippen molar-refractivity contribution in [3.8, 4) is 0 Å². The standard InChI is InChI=1S/C17H20BrNO4/c1-13(20)16(17(21)9-4-2-3-5-10-18)12-14-7-6-8-15(11-14)19(22)23/h6-8,11-12H,2-5,9-10H2,1H3. The molecule has 124 valence electrons. The molecule has 0 saturated heterocycles. The third-order valence-corrected chi connectivity index (χ3v) is 3.92. The lowest BCUT2D eigenvalue weighted by Gasteiger charge is -2.04. The number of alkyl halides is 1. The molecule has 0 N–H and O–H groups in total. The van der Waals surface area contributed by atoms with Gasteiger partial charge in [-0.05, 0) is 31.4 Å². The van der Waals surface area contributed by atoms with Crippen LogP contribution in [0.5, 0.6) is 0 Å². The number of carbonyl (C=O) groups is 2. The van der Waals surface area contributed by atoms with E-state index in [1.165, 1.54) is 31.2 Å². The van der Waals surface area contributed by atoms with Gasteiger partial charge in [0, 0.05) is 23.9 Å². The number of halogens is 1. The number of allylic oxidation sites excluding steroid dienone is 1. The number of non-ortho nitro benzene ring substituents is 1. The summed E-state index contributed by atoms with van der Waals surface area (Å²) in [6.07, 6.45) is 5.56. The van der Waals surface area contributed by atoms with Crippen LogP contribution in [0.3, 0.4) is 0 Å². The van der Waals surface area contributed by atoms with Gasteiger partial charge in [0.15, 0.2) is 11.6 Å². The Morgan fingerprint density at radius 1 is 1.22 bits per heavy atom. The van der Waals surface area contributed by atoms with Gasteiger partial charge < -0.3 is 0 Å². The number of unbranched alkanes of at least 4 members (excludes halogenated alkanes) is 3. The van der Waals surface area contributed by atoms with Crippen molar-refractivity contribution < 1.29 is 14.5 Å². The Bertz CT molecular complexity index is 610. The SMILES string of the molecule is CC(=O)C(=Cc1cccc([N+](=O)[O-])c1)C(=O)CCCCCCBr. The molecule has 0 amide bonds. The van der Waals surface area contributed by atoms with Crippen molar-refractivity contribution >= 4 is 39.3 Å². The molecule has 0 aliphatic rings. The van der Waals surface area contributed by atoms with E-state index in [9.17, 15) is 19.7 Å². The minimum Gasteiger partial charge on any atom is -0.294 e. The highest BCUT2D eigenvalue weighted by Crippen LogP contribution is 2.18. The summed E-state index contributed by atoms with van der Waals surface area (Å²) >= 11 is 3.36. The van der Waals surface area contributed by atoms with E-state index in [0.717, 1.165) is 31.0 Å². The summed E-state index contributed by atoms with van der Waals surface area (Å²) in [7, 11) is 0. The number of hydrogen-bond donors (Lipinski definition) is 0. The predicted octanol–water partition coefficient (Wildman–Crippen LogP) is 4.48. The van der Waals surface area contributed by atoms with Crippen LogP contribution in [0, 0.1) is 10.1 Å². The highest BCUT2D eigenvalue weighted by atomic mass is 79.9. The Kier molecular flexibility index (Phi) is 8.40. The predicted molar refractivity (Wildman–Crippen MR) is 93.6 cm³/mol. The van der Waals surface area contributed by atoms with Crippen LogP contribution < -0.4 is 0 Å². The van der Waals surface area contributed by atoms with E-state index >= 15 is 0 Å². The summed E-state index contributed by atoms with van der Waals surface area (Å²) in [5.74, 6) is -0.523. The van der Waals surface area contributed by atoms with Gasteiger partial charge in [0.2, 0.25) is 0 Å². The molecule has 0 spiro atoms. The lowest BCUT2D eigenvalue weighted by Crippen LogP contribution is -2.10. The number of nitro groups is 1. The third kappa shape index (κ3) is 6.86. The molecule has 0 aromatic heterocycles. The number of benzene rings is 1. The van der Waals surface area contributed by atoms with Crippen molar-refractivity contribution in [2.45, 2.75) is 39.0 Å². The van der Waals surface area contributed by atoms with E-state index in [2.05, 4.69) is 15.9 Å². The van der Waals surface area contributed by atoms with Gasteiger partial charge in [-0.15, -0.1) is 0 Å². The summed E-state index contributed by atoms with van der Waals surface area (Å²) in [4.78, 5) is 34.2. The fourth-order valence-electron chi connectivity index (χ4n) is 2.14. The maximum absolute atomic E-state index is 12.2. The fourth-order valence-corrected chi connectivity index (χ4v) is 2.54. The second-order valence-corrected chi connectivity index (χ2v) is 6.04. The van der Waals surface area contributed by atoms with Crippen molar-refractivity contribution in [1.29, 1.82) is 0 Å². The third-order valence-electron chi connectivity index (χ3n) is 3.36. The first-order valence-corrected chi connectivity index (χ1v) is 8.64. The molecule has 23 heavy (non-hydrogen) atoms. The molecule has 1 aromatic rings. The molecule has 0 saturated carbocycles. The molecule has 0 heterocycles. The quantitative estimate of drug-likeness (QED) is 0.114. The molecular weight excluding hydrogens is 362 g/mol. The van der Waals surface area contributed by atoms with Crippen molar-refractivity contribution in [3.05, 3.63) is 45.5 Å². The van der Waals surface area contributed by atoms with Crippen molar-refractivity contribution in [2.24, 2.45) is 0 Å². The van der Waals surface area contributed by atoms with Gasteiger partial charge in [-0.1, -0.05) is 40.9 Å². The van der Waals surface area contributed by atoms with Gasteiger partial charge in [0.25, 0.3) is 5.69 Å². The van der Waals surface area contributed by atoms with Crippen LogP contribution in [-0.2, 0) is 9.59 Å². The van der Waals surface area contributed by atoms with Gasteiger partial charge in [-0.3, -0.25) is 19.7 Å². The summed E-state index contributed by atoms with van der Waals surface area (Å²) in [6.45, 7) is 1.34. The number of hydrogen-bond acceptors (Lipinski definition) is 4. The van der Waals surface area contributed by atoms with Gasteiger partial charge in [-0.2, -0.15) is 0 Å². The molecule has 0 atom stereocenters. The molecule has 0 unspecified atom stereocenters. The van der Waals surface area contributed by atoms with Gasteiger partial charge >= 0.3 is 0 Å². The van der Waals surface area contributed by atoms with Gasteiger partial charge in [-0.25, -0.2) is 0 Å². The fraction of sp³-hybridized carbons (Fsp3) is 0.412. The molecule has 5 nitrogen and oxygen atoms in total. The van der Waals surface area contributed by atoms with Crippen LogP contribution in [-0.4, -0.2) is 21.8 Å². The smallest absolute Gasteiger partial charge is 0.270 e. The van der Waals surface area contributed by atoms with E-state index in [1.807, 2.05) is 0 Å². The van der Waals surface area contributed by atoms with Gasteiger partial charge in [0.05, 0.1) is 10.5 Å². The Hall–Kier alpha value is -1.82. The highest BCUT2D eigenvalue weighted by Gasteiger charge is 2.15. The summed E-state index contributed by atoms with van der Waals surface area (Å²) in [5, 5.41) is 11.7. The maximum atomic E-state index is 12.2. The average Bonchev–Trinajstić information content (AvgIpc) is 2.52. The highest BCUT2D eigenvalue weighted by molar-refractivity contribution is 9.09. The Morgan fingerprint density at radius 3 is 2.52 bits per heavy atom. The first kappa shape index (κ1) is 19.2. The van der Waals surface area contributed by atoms with Crippen LogP contribution in [0.4, 0.5) is 5.69 Å². The van der Waals surface area contributed by atoms with Crippen molar-refractivity contribution in [1.82, 2.24) is 0 Å². The topological polar surface area (TPSA) is 77.3 Å². The minimum absolute atomic E-state index is 0.0659. The van der Waals surface area contributed by atoms with Crippen LogP contribution in [0.1, 0.15) is 44.6 Å². The number of rotatable bonds is 10. The zero-order valence-electron chi connectivity index (χ0n) is 13.1. The number of nitro benzene ring substituents is 1. The number of carbonyl (C=O) groups excluding carboxylic acids is 2. The molecule has 0 aliphatic carbocycles. The largest absolute Gasteiger partial charge is 0.294 e. The molecule has 0 radical (unpaired) electrons. The first-order valence-electron chi connectivity index (χ1n) is 7.52. The Balaban J connectivity index is 2.81. The second kappa shape index (κ2) is 10.0. The lowest BCUT2D eigenvalue weighted by atomic mass is 9.99. The molecule has 0 bridgehead atoms. The number of Topliss-reactive ketones (excluding diaryl/α,β-unsaturated/α-hetero) is 2. The number of nitrogens with zero attached hydrogens (tertiary/aromatic N) is 1. The van der Waals surface area contributed by atoms with Crippen molar-refractivity contribution in [3.63, 3.8) is 0 Å². The van der Waals surface area contributed by atoms with E-state index in [1.54, 1.807) is 6.07 Å². The zero-order valence-corrected chi connectivity index (χ0v) is 14.7. The molecular formula is C17H20BrNO4. The normalized spacial score (nSPS) is 11.3. The summed E-state index contributed by atoms with van der Waals surface area (Å²) < 4.78 is 0. The van der Waals surface area contributed by atoms with E-state index in [0.29, 0.717) is 12.0 Å². The minimum atomic E-state index is -0.503. The average molecular weight is 382 g/mol.